The van der Waals surface area contributed by atoms with Crippen LogP contribution in [0.2, 0.25) is 0 Å². The third-order valence-electron chi connectivity index (χ3n) is 3.88. The molecule has 0 unspecified atom stereocenters. The maximum Gasteiger partial charge on any atom is 0.246 e. The third-order valence-corrected chi connectivity index (χ3v) is 5.82. The quantitative estimate of drug-likeness (QED) is 0.604. The van der Waals surface area contributed by atoms with Crippen LogP contribution in [0.4, 0.5) is 0 Å². The van der Waals surface area contributed by atoms with Gasteiger partial charge in [-0.25, -0.2) is 8.42 Å². The van der Waals surface area contributed by atoms with Crippen molar-refractivity contribution in [2.45, 2.75) is 11.3 Å². The van der Waals surface area contributed by atoms with E-state index in [2.05, 4.69) is 0 Å². The summed E-state index contributed by atoms with van der Waals surface area (Å²) < 4.78 is 38.3. The summed E-state index contributed by atoms with van der Waals surface area (Å²) in [5.41, 5.74) is 6.73. The van der Waals surface area contributed by atoms with Crippen LogP contribution in [-0.2, 0) is 21.2 Å². The molecule has 0 amide bonds. The molecule has 0 saturated heterocycles. The first kappa shape index (κ1) is 20.4. The van der Waals surface area contributed by atoms with Crippen molar-refractivity contribution in [3.8, 4) is 5.75 Å². The molecule has 0 fully saturated rings. The van der Waals surface area contributed by atoms with Crippen LogP contribution >= 0.6 is 0 Å². The zero-order valence-corrected chi connectivity index (χ0v) is 15.8. The van der Waals surface area contributed by atoms with E-state index in [0.29, 0.717) is 25.3 Å². The fraction of sp³-hybridized carbons (Fsp3) is 0.368. The summed E-state index contributed by atoms with van der Waals surface area (Å²) in [6, 6.07) is 16.4. The number of hydrogen-bond donors (Lipinski definition) is 1. The first-order valence-electron chi connectivity index (χ1n) is 8.54. The number of benzene rings is 2. The number of hydrogen-bond acceptors (Lipinski definition) is 5. The van der Waals surface area contributed by atoms with Gasteiger partial charge >= 0.3 is 0 Å². The van der Waals surface area contributed by atoms with Crippen molar-refractivity contribution in [1.29, 1.82) is 0 Å². The van der Waals surface area contributed by atoms with Crippen LogP contribution in [0.5, 0.6) is 5.75 Å². The van der Waals surface area contributed by atoms with Crippen molar-refractivity contribution < 1.29 is 17.9 Å². The van der Waals surface area contributed by atoms with Gasteiger partial charge in [0.05, 0.1) is 6.61 Å². The Bertz CT molecular complexity index is 766. The number of ether oxygens (including phenoxy) is 2. The molecule has 26 heavy (non-hydrogen) atoms. The predicted molar refractivity (Wildman–Crippen MR) is 102 cm³/mol. The summed E-state index contributed by atoms with van der Waals surface area (Å²) in [7, 11) is -2.15. The van der Waals surface area contributed by atoms with Crippen molar-refractivity contribution in [2.75, 3.05) is 40.0 Å². The van der Waals surface area contributed by atoms with Gasteiger partial charge < -0.3 is 15.2 Å². The molecule has 0 atom stereocenters. The van der Waals surface area contributed by atoms with E-state index in [0.717, 1.165) is 5.56 Å². The lowest BCUT2D eigenvalue weighted by atomic mass is 10.1. The predicted octanol–water partition coefficient (Wildman–Crippen LogP) is 1.90. The molecule has 0 saturated carbocycles. The molecule has 6 nitrogen and oxygen atoms in total. The van der Waals surface area contributed by atoms with Crippen LogP contribution < -0.4 is 10.5 Å². The van der Waals surface area contributed by atoms with Gasteiger partial charge in [0, 0.05) is 26.7 Å². The highest BCUT2D eigenvalue weighted by molar-refractivity contribution is 7.89. The van der Waals surface area contributed by atoms with Gasteiger partial charge in [-0.2, -0.15) is 4.31 Å². The summed E-state index contributed by atoms with van der Waals surface area (Å²) in [5, 5.41) is 0. The van der Waals surface area contributed by atoms with Crippen molar-refractivity contribution in [3.63, 3.8) is 0 Å². The molecule has 0 heterocycles. The van der Waals surface area contributed by atoms with Crippen LogP contribution in [0.15, 0.2) is 59.5 Å². The van der Waals surface area contributed by atoms with Crippen molar-refractivity contribution in [2.24, 2.45) is 5.73 Å². The fourth-order valence-corrected chi connectivity index (χ4v) is 4.14. The lowest BCUT2D eigenvalue weighted by Gasteiger charge is -2.23. The van der Waals surface area contributed by atoms with Gasteiger partial charge in [0.2, 0.25) is 10.0 Å². The molecule has 0 radical (unpaired) electrons. The second-order valence-electron chi connectivity index (χ2n) is 5.72. The first-order chi connectivity index (χ1) is 12.6. The molecule has 0 spiro atoms. The van der Waals surface area contributed by atoms with E-state index in [4.69, 9.17) is 15.2 Å². The zero-order valence-electron chi connectivity index (χ0n) is 15.0. The normalized spacial score (nSPS) is 11.7. The van der Waals surface area contributed by atoms with Crippen molar-refractivity contribution >= 4 is 10.0 Å². The Morgan fingerprint density at radius 3 is 2.35 bits per heavy atom. The van der Waals surface area contributed by atoms with Crippen molar-refractivity contribution in [1.82, 2.24) is 4.31 Å². The lowest BCUT2D eigenvalue weighted by Crippen LogP contribution is -2.37. The van der Waals surface area contributed by atoms with Crippen molar-refractivity contribution in [3.05, 3.63) is 60.2 Å². The molecule has 0 aliphatic rings. The maximum absolute atomic E-state index is 13.2. The summed E-state index contributed by atoms with van der Waals surface area (Å²) >= 11 is 0. The average molecular weight is 378 g/mol. The number of para-hydroxylation sites is 1. The van der Waals surface area contributed by atoms with Gasteiger partial charge in [-0.05, 0) is 24.1 Å². The molecule has 2 N–H and O–H groups in total. The van der Waals surface area contributed by atoms with Gasteiger partial charge in [0.15, 0.2) is 0 Å². The first-order valence-corrected chi connectivity index (χ1v) is 9.98. The number of methoxy groups -OCH3 is 1. The number of rotatable bonds is 11. The summed E-state index contributed by atoms with van der Waals surface area (Å²) in [5.74, 6) is 0.325. The Balaban J connectivity index is 2.21. The monoisotopic (exact) mass is 378 g/mol. The average Bonchev–Trinajstić information content (AvgIpc) is 2.66. The number of nitrogens with two attached hydrogens (primary N) is 1. The van der Waals surface area contributed by atoms with Gasteiger partial charge in [-0.15, -0.1) is 0 Å². The molecule has 0 bridgehead atoms. The Morgan fingerprint density at radius 1 is 0.962 bits per heavy atom. The van der Waals surface area contributed by atoms with Gasteiger partial charge in [0.1, 0.15) is 17.3 Å². The molecule has 0 aromatic heterocycles. The lowest BCUT2D eigenvalue weighted by molar-refractivity contribution is 0.144. The minimum absolute atomic E-state index is 0.151. The second kappa shape index (κ2) is 10.3. The van der Waals surface area contributed by atoms with E-state index >= 15 is 0 Å². The van der Waals surface area contributed by atoms with Crippen LogP contribution in [0, 0.1) is 0 Å². The molecule has 0 aliphatic heterocycles. The standard InChI is InChI=1S/C19H26N2O4S/c1-24-15-16-25-18-9-5-6-10-19(18)26(22,23)21(14-12-20)13-11-17-7-3-2-4-8-17/h2-10H,11-16,20H2,1H3. The summed E-state index contributed by atoms with van der Waals surface area (Å²) in [6.45, 7) is 1.52. The Labute approximate surface area is 155 Å². The summed E-state index contributed by atoms with van der Waals surface area (Å²) in [6.07, 6.45) is 0.618. The van der Waals surface area contributed by atoms with E-state index < -0.39 is 10.0 Å². The molecular formula is C19H26N2O4S. The molecule has 142 valence electrons. The SMILES string of the molecule is COCCOc1ccccc1S(=O)(=O)N(CCN)CCc1ccccc1. The Hall–Kier alpha value is -1.93. The minimum atomic E-state index is -3.71. The smallest absolute Gasteiger partial charge is 0.246 e. The highest BCUT2D eigenvalue weighted by Crippen LogP contribution is 2.26. The number of sulfonamides is 1. The Morgan fingerprint density at radius 2 is 1.65 bits per heavy atom. The van der Waals surface area contributed by atoms with Crippen LogP contribution in [-0.4, -0.2) is 52.7 Å². The topological polar surface area (TPSA) is 81.9 Å². The highest BCUT2D eigenvalue weighted by atomic mass is 32.2. The zero-order chi connectivity index (χ0) is 18.8. The maximum atomic E-state index is 13.2. The van der Waals surface area contributed by atoms with Crippen LogP contribution in [0.25, 0.3) is 0 Å². The molecule has 2 aromatic rings. The van der Waals surface area contributed by atoms with E-state index in [1.807, 2.05) is 30.3 Å². The number of nitrogens with zero attached hydrogens (tertiary/aromatic N) is 1. The van der Waals surface area contributed by atoms with Gasteiger partial charge in [0.25, 0.3) is 0 Å². The molecule has 2 rings (SSSR count). The molecule has 7 heteroatoms. The minimum Gasteiger partial charge on any atom is -0.490 e. The summed E-state index contributed by atoms with van der Waals surface area (Å²) in [4.78, 5) is 0.151. The van der Waals surface area contributed by atoms with Crippen LogP contribution in [0.3, 0.4) is 0 Å². The molecule has 0 aliphatic carbocycles. The molecule has 2 aromatic carbocycles. The van der Waals surface area contributed by atoms with Gasteiger partial charge in [-0.3, -0.25) is 0 Å². The van der Waals surface area contributed by atoms with E-state index in [1.165, 1.54) is 4.31 Å². The third kappa shape index (κ3) is 5.54. The van der Waals surface area contributed by atoms with E-state index in [1.54, 1.807) is 31.4 Å². The largest absolute Gasteiger partial charge is 0.490 e. The van der Waals surface area contributed by atoms with Crippen LogP contribution in [0.1, 0.15) is 5.56 Å². The second-order valence-corrected chi connectivity index (χ2v) is 7.62. The Kier molecular flexibility index (Phi) is 8.06. The van der Waals surface area contributed by atoms with E-state index in [-0.39, 0.29) is 24.6 Å². The van der Waals surface area contributed by atoms with E-state index in [9.17, 15) is 8.42 Å². The molecular weight excluding hydrogens is 352 g/mol. The highest BCUT2D eigenvalue weighted by Gasteiger charge is 2.27. The van der Waals surface area contributed by atoms with Gasteiger partial charge in [-0.1, -0.05) is 42.5 Å². The fourth-order valence-electron chi connectivity index (χ4n) is 2.55.